The number of benzene rings is 1. The van der Waals surface area contributed by atoms with Crippen molar-refractivity contribution in [1.29, 1.82) is 0 Å². The molecule has 0 atom stereocenters. The fourth-order valence-corrected chi connectivity index (χ4v) is 1.86. The van der Waals surface area contributed by atoms with Gasteiger partial charge in [0.15, 0.2) is 0 Å². The Balaban J connectivity index is 2.15. The van der Waals surface area contributed by atoms with Gasteiger partial charge < -0.3 is 15.2 Å². The topological polar surface area (TPSA) is 71.5 Å². The van der Waals surface area contributed by atoms with Crippen LogP contribution in [0, 0.1) is 0 Å². The number of nitrogens with zero attached hydrogens (tertiary/aromatic N) is 1. The van der Waals surface area contributed by atoms with Crippen LogP contribution in [0.3, 0.4) is 0 Å². The first-order valence-corrected chi connectivity index (χ1v) is 6.09. The van der Waals surface area contributed by atoms with Crippen molar-refractivity contribution in [1.82, 2.24) is 4.98 Å². The zero-order chi connectivity index (χ0) is 13.7. The number of fused-ring (bicyclic) bond motifs is 1. The summed E-state index contributed by atoms with van der Waals surface area (Å²) in [6, 6.07) is 7.72. The predicted octanol–water partition coefficient (Wildman–Crippen LogP) is 2.52. The zero-order valence-electron chi connectivity index (χ0n) is 10.7. The van der Waals surface area contributed by atoms with Gasteiger partial charge in [-0.15, -0.1) is 0 Å². The second-order valence-corrected chi connectivity index (χ2v) is 4.17. The van der Waals surface area contributed by atoms with Crippen molar-refractivity contribution in [3.8, 4) is 5.75 Å². The average molecular weight is 260 g/mol. The van der Waals surface area contributed by atoms with Gasteiger partial charge in [-0.3, -0.25) is 4.79 Å². The third-order valence-corrected chi connectivity index (χ3v) is 2.83. The highest BCUT2D eigenvalue weighted by Gasteiger charge is 2.04. The summed E-state index contributed by atoms with van der Waals surface area (Å²) in [5, 5.41) is 13.8. The number of carboxylic acids is 1. The number of rotatable bonds is 6. The maximum Gasteiger partial charge on any atom is 0.303 e. The van der Waals surface area contributed by atoms with Crippen LogP contribution in [0.25, 0.3) is 10.8 Å². The van der Waals surface area contributed by atoms with Gasteiger partial charge in [0.2, 0.25) is 0 Å². The molecular formula is C14H16N2O3. The Morgan fingerprint density at radius 1 is 1.42 bits per heavy atom. The number of anilines is 1. The minimum atomic E-state index is -0.783. The fraction of sp³-hybridized carbons (Fsp3) is 0.286. The summed E-state index contributed by atoms with van der Waals surface area (Å²) in [5.41, 5.74) is 0. The fourth-order valence-electron chi connectivity index (χ4n) is 1.86. The minimum Gasteiger partial charge on any atom is -0.497 e. The number of nitrogens with one attached hydrogen (secondary N) is 1. The Hall–Kier alpha value is -2.30. The molecule has 0 saturated heterocycles. The zero-order valence-corrected chi connectivity index (χ0v) is 10.7. The van der Waals surface area contributed by atoms with Gasteiger partial charge in [-0.05, 0) is 30.0 Å². The summed E-state index contributed by atoms with van der Waals surface area (Å²) < 4.78 is 5.20. The lowest BCUT2D eigenvalue weighted by molar-refractivity contribution is -0.137. The molecule has 100 valence electrons. The van der Waals surface area contributed by atoms with Crippen molar-refractivity contribution >= 4 is 22.6 Å². The molecule has 0 amide bonds. The Morgan fingerprint density at radius 2 is 2.26 bits per heavy atom. The van der Waals surface area contributed by atoms with Crippen LogP contribution in [0.15, 0.2) is 30.5 Å². The summed E-state index contributed by atoms with van der Waals surface area (Å²) >= 11 is 0. The molecule has 2 N–H and O–H groups in total. The minimum absolute atomic E-state index is 0.154. The highest BCUT2D eigenvalue weighted by molar-refractivity contribution is 5.92. The Bertz CT molecular complexity index is 584. The summed E-state index contributed by atoms with van der Waals surface area (Å²) in [6.07, 6.45) is 2.45. The predicted molar refractivity (Wildman–Crippen MR) is 73.7 cm³/mol. The molecule has 0 aliphatic rings. The molecule has 0 aliphatic carbocycles. The summed E-state index contributed by atoms with van der Waals surface area (Å²) in [6.45, 7) is 0.579. The number of hydrogen-bond acceptors (Lipinski definition) is 4. The van der Waals surface area contributed by atoms with E-state index in [0.29, 0.717) is 13.0 Å². The van der Waals surface area contributed by atoms with E-state index in [1.807, 2.05) is 24.3 Å². The molecule has 0 saturated carbocycles. The van der Waals surface area contributed by atoms with Crippen LogP contribution < -0.4 is 10.1 Å². The maximum atomic E-state index is 10.4. The smallest absolute Gasteiger partial charge is 0.303 e. The number of hydrogen-bond donors (Lipinski definition) is 2. The van der Waals surface area contributed by atoms with E-state index in [1.165, 1.54) is 0 Å². The van der Waals surface area contributed by atoms with Gasteiger partial charge in [0, 0.05) is 24.5 Å². The van der Waals surface area contributed by atoms with Crippen molar-refractivity contribution in [3.05, 3.63) is 30.5 Å². The summed E-state index contributed by atoms with van der Waals surface area (Å²) in [7, 11) is 1.62. The van der Waals surface area contributed by atoms with Crippen LogP contribution >= 0.6 is 0 Å². The highest BCUT2D eigenvalue weighted by atomic mass is 16.5. The number of carboxylic acid groups (broad SMARTS) is 1. The number of methoxy groups -OCH3 is 1. The van der Waals surface area contributed by atoms with E-state index in [0.717, 1.165) is 22.3 Å². The molecule has 5 nitrogen and oxygen atoms in total. The molecule has 19 heavy (non-hydrogen) atoms. The van der Waals surface area contributed by atoms with Crippen molar-refractivity contribution in [3.63, 3.8) is 0 Å². The van der Waals surface area contributed by atoms with Gasteiger partial charge in [-0.25, -0.2) is 4.98 Å². The monoisotopic (exact) mass is 260 g/mol. The normalized spacial score (nSPS) is 10.4. The van der Waals surface area contributed by atoms with Crippen LogP contribution in [0.1, 0.15) is 12.8 Å². The molecule has 1 aromatic heterocycles. The van der Waals surface area contributed by atoms with Gasteiger partial charge in [0.05, 0.1) is 7.11 Å². The lowest BCUT2D eigenvalue weighted by Crippen LogP contribution is -2.06. The molecule has 0 aliphatic heterocycles. The van der Waals surface area contributed by atoms with E-state index in [2.05, 4.69) is 10.3 Å². The second-order valence-electron chi connectivity index (χ2n) is 4.17. The van der Waals surface area contributed by atoms with E-state index in [9.17, 15) is 4.79 Å². The van der Waals surface area contributed by atoms with E-state index < -0.39 is 5.97 Å². The van der Waals surface area contributed by atoms with E-state index in [1.54, 1.807) is 13.3 Å². The number of ether oxygens (including phenoxy) is 1. The van der Waals surface area contributed by atoms with E-state index in [4.69, 9.17) is 9.84 Å². The first kappa shape index (κ1) is 13.1. The van der Waals surface area contributed by atoms with E-state index >= 15 is 0 Å². The number of pyridine rings is 1. The Labute approximate surface area is 111 Å². The SMILES string of the molecule is COc1ccc2ccnc(NCCCC(=O)O)c2c1. The molecule has 2 rings (SSSR count). The number of aromatic nitrogens is 1. The maximum absolute atomic E-state index is 10.4. The molecular weight excluding hydrogens is 244 g/mol. The quantitative estimate of drug-likeness (QED) is 0.781. The molecule has 1 aromatic carbocycles. The van der Waals surface area contributed by atoms with Crippen LogP contribution in [-0.2, 0) is 4.79 Å². The third kappa shape index (κ3) is 3.34. The average Bonchev–Trinajstić information content (AvgIpc) is 2.43. The van der Waals surface area contributed by atoms with Crippen molar-refractivity contribution < 1.29 is 14.6 Å². The van der Waals surface area contributed by atoms with Gasteiger partial charge >= 0.3 is 5.97 Å². The van der Waals surface area contributed by atoms with Gasteiger partial charge in [0.25, 0.3) is 0 Å². The molecule has 0 radical (unpaired) electrons. The van der Waals surface area contributed by atoms with Crippen molar-refractivity contribution in [2.75, 3.05) is 19.0 Å². The molecule has 0 bridgehead atoms. The first-order valence-electron chi connectivity index (χ1n) is 6.09. The summed E-state index contributed by atoms with van der Waals surface area (Å²) in [5.74, 6) is 0.741. The van der Waals surface area contributed by atoms with Crippen molar-refractivity contribution in [2.24, 2.45) is 0 Å². The molecule has 2 aromatic rings. The van der Waals surface area contributed by atoms with Gasteiger partial charge in [-0.1, -0.05) is 6.07 Å². The van der Waals surface area contributed by atoms with Crippen LogP contribution in [0.4, 0.5) is 5.82 Å². The molecule has 5 heteroatoms. The lowest BCUT2D eigenvalue weighted by atomic mass is 10.1. The number of carbonyl (C=O) groups is 1. The standard InChI is InChI=1S/C14H16N2O3/c1-19-11-5-4-10-6-8-16-14(12(10)9-11)15-7-2-3-13(17)18/h4-6,8-9H,2-3,7H2,1H3,(H,15,16)(H,17,18). The van der Waals surface area contributed by atoms with Crippen LogP contribution in [-0.4, -0.2) is 29.7 Å². The van der Waals surface area contributed by atoms with Crippen LogP contribution in [0.2, 0.25) is 0 Å². The second kappa shape index (κ2) is 6.04. The number of aliphatic carboxylic acids is 1. The Kier molecular flexibility index (Phi) is 4.18. The molecule has 1 heterocycles. The summed E-state index contributed by atoms with van der Waals surface area (Å²) in [4.78, 5) is 14.7. The molecule has 0 fully saturated rings. The van der Waals surface area contributed by atoms with E-state index in [-0.39, 0.29) is 6.42 Å². The molecule has 0 unspecified atom stereocenters. The highest BCUT2D eigenvalue weighted by Crippen LogP contribution is 2.25. The van der Waals surface area contributed by atoms with Crippen molar-refractivity contribution in [2.45, 2.75) is 12.8 Å². The first-order chi connectivity index (χ1) is 9.20. The Morgan fingerprint density at radius 3 is 3.00 bits per heavy atom. The van der Waals surface area contributed by atoms with Gasteiger partial charge in [0.1, 0.15) is 11.6 Å². The lowest BCUT2D eigenvalue weighted by Gasteiger charge is -2.09. The largest absolute Gasteiger partial charge is 0.497 e. The van der Waals surface area contributed by atoms with Crippen LogP contribution in [0.5, 0.6) is 5.75 Å². The molecule has 0 spiro atoms. The van der Waals surface area contributed by atoms with Gasteiger partial charge in [-0.2, -0.15) is 0 Å². The third-order valence-electron chi connectivity index (χ3n) is 2.83.